The second-order valence-corrected chi connectivity index (χ2v) is 6.54. The molecule has 1 aromatic carbocycles. The molecule has 0 spiro atoms. The first-order valence-electron chi connectivity index (χ1n) is 7.67. The maximum absolute atomic E-state index is 13.3. The monoisotopic (exact) mass is 354 g/mol. The van der Waals surface area contributed by atoms with Gasteiger partial charge in [0, 0.05) is 13.1 Å². The second kappa shape index (κ2) is 8.68. The van der Waals surface area contributed by atoms with Gasteiger partial charge < -0.3 is 9.64 Å². The minimum Gasteiger partial charge on any atom is -0.449 e. The predicted molar refractivity (Wildman–Crippen MR) is 88.0 cm³/mol. The van der Waals surface area contributed by atoms with Crippen LogP contribution >= 0.6 is 11.8 Å². The highest BCUT2D eigenvalue weighted by Gasteiger charge is 2.34. The summed E-state index contributed by atoms with van der Waals surface area (Å²) in [6, 6.07) is 5.86. The SMILES string of the molecule is CCCCOC(=O)N(Cc1cccc(F)c1)CC1SC(=O)NC1=O. The van der Waals surface area contributed by atoms with Crippen LogP contribution in [0.5, 0.6) is 0 Å². The van der Waals surface area contributed by atoms with Crippen LogP contribution in [-0.4, -0.2) is 40.5 Å². The van der Waals surface area contributed by atoms with Gasteiger partial charge in [-0.1, -0.05) is 25.5 Å². The van der Waals surface area contributed by atoms with Crippen molar-refractivity contribution < 1.29 is 23.5 Å². The van der Waals surface area contributed by atoms with Gasteiger partial charge in [-0.25, -0.2) is 9.18 Å². The van der Waals surface area contributed by atoms with Gasteiger partial charge in [-0.3, -0.25) is 14.9 Å². The third-order valence-electron chi connectivity index (χ3n) is 3.40. The molecule has 1 fully saturated rings. The van der Waals surface area contributed by atoms with Crippen molar-refractivity contribution in [3.63, 3.8) is 0 Å². The first-order valence-corrected chi connectivity index (χ1v) is 8.55. The normalized spacial score (nSPS) is 16.8. The zero-order valence-corrected chi connectivity index (χ0v) is 14.1. The number of halogens is 1. The quantitative estimate of drug-likeness (QED) is 0.762. The van der Waals surface area contributed by atoms with Crippen molar-refractivity contribution in [2.75, 3.05) is 13.2 Å². The van der Waals surface area contributed by atoms with Crippen LogP contribution in [0, 0.1) is 5.82 Å². The fourth-order valence-corrected chi connectivity index (χ4v) is 3.01. The molecule has 0 bridgehead atoms. The van der Waals surface area contributed by atoms with E-state index in [0.29, 0.717) is 5.56 Å². The molecule has 0 radical (unpaired) electrons. The summed E-state index contributed by atoms with van der Waals surface area (Å²) in [5, 5.41) is 1.06. The van der Waals surface area contributed by atoms with Crippen LogP contribution in [0.3, 0.4) is 0 Å². The number of amides is 3. The Kier molecular flexibility index (Phi) is 6.60. The third-order valence-corrected chi connectivity index (χ3v) is 4.36. The van der Waals surface area contributed by atoms with Crippen molar-refractivity contribution in [3.8, 4) is 0 Å². The lowest BCUT2D eigenvalue weighted by Crippen LogP contribution is -2.39. The molecule has 0 saturated carbocycles. The van der Waals surface area contributed by atoms with E-state index in [2.05, 4.69) is 5.32 Å². The van der Waals surface area contributed by atoms with Crippen LogP contribution in [0.2, 0.25) is 0 Å². The van der Waals surface area contributed by atoms with E-state index in [1.54, 1.807) is 12.1 Å². The lowest BCUT2D eigenvalue weighted by Gasteiger charge is -2.23. The Morgan fingerprint density at radius 1 is 1.42 bits per heavy atom. The summed E-state index contributed by atoms with van der Waals surface area (Å²) in [6.45, 7) is 2.37. The van der Waals surface area contributed by atoms with Gasteiger partial charge >= 0.3 is 6.09 Å². The van der Waals surface area contributed by atoms with Gasteiger partial charge in [-0.05, 0) is 35.9 Å². The molecule has 1 aliphatic rings. The van der Waals surface area contributed by atoms with Gasteiger partial charge in [0.2, 0.25) is 5.91 Å². The molecule has 1 heterocycles. The molecule has 1 aliphatic heterocycles. The van der Waals surface area contributed by atoms with Gasteiger partial charge in [-0.15, -0.1) is 0 Å². The predicted octanol–water partition coefficient (Wildman–Crippen LogP) is 2.92. The Hall–Kier alpha value is -2.09. The Balaban J connectivity index is 2.06. The van der Waals surface area contributed by atoms with Crippen molar-refractivity contribution in [3.05, 3.63) is 35.6 Å². The molecule has 8 heteroatoms. The Morgan fingerprint density at radius 3 is 2.83 bits per heavy atom. The van der Waals surface area contributed by atoms with Gasteiger partial charge in [0.1, 0.15) is 11.1 Å². The zero-order chi connectivity index (χ0) is 17.5. The number of imide groups is 1. The standard InChI is InChI=1S/C16H19FN2O4S/c1-2-3-7-23-16(22)19(9-11-5-4-6-12(17)8-11)10-13-14(20)18-15(21)24-13/h4-6,8,13H,2-3,7,9-10H2,1H3,(H,18,20,21). The van der Waals surface area contributed by atoms with Crippen molar-refractivity contribution in [1.29, 1.82) is 0 Å². The van der Waals surface area contributed by atoms with E-state index in [9.17, 15) is 18.8 Å². The molecule has 130 valence electrons. The lowest BCUT2D eigenvalue weighted by atomic mass is 10.2. The number of carbonyl (C=O) groups excluding carboxylic acids is 3. The van der Waals surface area contributed by atoms with Gasteiger partial charge in [0.05, 0.1) is 6.61 Å². The fraction of sp³-hybridized carbons (Fsp3) is 0.438. The summed E-state index contributed by atoms with van der Waals surface area (Å²) in [5.41, 5.74) is 0.581. The van der Waals surface area contributed by atoms with Crippen LogP contribution in [0.25, 0.3) is 0 Å². The smallest absolute Gasteiger partial charge is 0.410 e. The van der Waals surface area contributed by atoms with Crippen molar-refractivity contribution >= 4 is 29.0 Å². The van der Waals surface area contributed by atoms with E-state index in [4.69, 9.17) is 4.74 Å². The van der Waals surface area contributed by atoms with Crippen LogP contribution in [0.15, 0.2) is 24.3 Å². The highest BCUT2D eigenvalue weighted by molar-refractivity contribution is 8.15. The molecule has 3 amide bonds. The number of rotatable bonds is 7. The third kappa shape index (κ3) is 5.23. The summed E-state index contributed by atoms with van der Waals surface area (Å²) >= 11 is 0.838. The summed E-state index contributed by atoms with van der Waals surface area (Å²) in [4.78, 5) is 36.6. The van der Waals surface area contributed by atoms with E-state index in [1.807, 2.05) is 6.92 Å². The molecule has 1 N–H and O–H groups in total. The summed E-state index contributed by atoms with van der Waals surface area (Å²) < 4.78 is 18.5. The second-order valence-electron chi connectivity index (χ2n) is 5.36. The molecule has 1 unspecified atom stereocenters. The van der Waals surface area contributed by atoms with E-state index < -0.39 is 28.3 Å². The number of carbonyl (C=O) groups is 3. The van der Waals surface area contributed by atoms with Crippen molar-refractivity contribution in [2.24, 2.45) is 0 Å². The van der Waals surface area contributed by atoms with Crippen LogP contribution in [0.1, 0.15) is 25.3 Å². The van der Waals surface area contributed by atoms with Crippen LogP contribution < -0.4 is 5.32 Å². The summed E-state index contributed by atoms with van der Waals surface area (Å²) in [5.74, 6) is -0.842. The first-order chi connectivity index (χ1) is 11.5. The number of nitrogens with one attached hydrogen (secondary N) is 1. The van der Waals surface area contributed by atoms with Gasteiger partial charge in [0.15, 0.2) is 0 Å². The summed E-state index contributed by atoms with van der Waals surface area (Å²) in [6.07, 6.45) is 1.03. The molecule has 0 aromatic heterocycles. The number of thioether (sulfide) groups is 1. The number of unbranched alkanes of at least 4 members (excludes halogenated alkanes) is 1. The average molecular weight is 354 g/mol. The lowest BCUT2D eigenvalue weighted by molar-refractivity contribution is -0.119. The van der Waals surface area contributed by atoms with Gasteiger partial charge in [-0.2, -0.15) is 0 Å². The molecule has 24 heavy (non-hydrogen) atoms. The highest BCUT2D eigenvalue weighted by atomic mass is 32.2. The molecule has 1 aromatic rings. The molecule has 1 atom stereocenters. The number of hydrogen-bond acceptors (Lipinski definition) is 5. The molecule has 1 saturated heterocycles. The van der Waals surface area contributed by atoms with E-state index >= 15 is 0 Å². The van der Waals surface area contributed by atoms with Crippen LogP contribution in [-0.2, 0) is 16.1 Å². The Morgan fingerprint density at radius 2 is 2.21 bits per heavy atom. The van der Waals surface area contributed by atoms with E-state index in [-0.39, 0.29) is 19.7 Å². The Labute approximate surface area is 143 Å². The number of nitrogens with zero attached hydrogens (tertiary/aromatic N) is 1. The number of ether oxygens (including phenoxy) is 1. The fourth-order valence-electron chi connectivity index (χ4n) is 2.17. The molecule has 2 rings (SSSR count). The Bertz CT molecular complexity index is 626. The minimum atomic E-state index is -0.690. The summed E-state index contributed by atoms with van der Waals surface area (Å²) in [7, 11) is 0. The van der Waals surface area contributed by atoms with Crippen molar-refractivity contribution in [1.82, 2.24) is 10.2 Å². The molecular weight excluding hydrogens is 335 g/mol. The molecular formula is C16H19FN2O4S. The minimum absolute atomic E-state index is 0.0176. The van der Waals surface area contributed by atoms with Crippen LogP contribution in [0.4, 0.5) is 14.0 Å². The van der Waals surface area contributed by atoms with Crippen molar-refractivity contribution in [2.45, 2.75) is 31.6 Å². The molecule has 0 aliphatic carbocycles. The molecule has 6 nitrogen and oxygen atoms in total. The van der Waals surface area contributed by atoms with E-state index in [1.165, 1.54) is 17.0 Å². The largest absolute Gasteiger partial charge is 0.449 e. The average Bonchev–Trinajstić information content (AvgIpc) is 2.84. The van der Waals surface area contributed by atoms with E-state index in [0.717, 1.165) is 24.6 Å². The number of hydrogen-bond donors (Lipinski definition) is 1. The van der Waals surface area contributed by atoms with Gasteiger partial charge in [0.25, 0.3) is 5.24 Å². The topological polar surface area (TPSA) is 75.7 Å². The number of benzene rings is 1. The first kappa shape index (κ1) is 18.3. The maximum atomic E-state index is 13.3. The maximum Gasteiger partial charge on any atom is 0.410 e. The highest BCUT2D eigenvalue weighted by Crippen LogP contribution is 2.21. The zero-order valence-electron chi connectivity index (χ0n) is 13.3.